The molecule has 0 spiro atoms. The Labute approximate surface area is 195 Å². The molecule has 2 rings (SSSR count). The fourth-order valence-electron chi connectivity index (χ4n) is 2.55. The van der Waals surface area contributed by atoms with Gasteiger partial charge in [0.2, 0.25) is 0 Å². The summed E-state index contributed by atoms with van der Waals surface area (Å²) in [6, 6.07) is 9.85. The van der Waals surface area contributed by atoms with Crippen LogP contribution in [0.15, 0.2) is 59.7 Å². The number of nitrogens with zero attached hydrogens (tertiary/aromatic N) is 1. The van der Waals surface area contributed by atoms with E-state index in [0.29, 0.717) is 23.3 Å². The minimum absolute atomic E-state index is 0.140. The molecule has 2 N–H and O–H groups in total. The van der Waals surface area contributed by atoms with Gasteiger partial charge in [0.25, 0.3) is 5.91 Å². The Kier molecular flexibility index (Phi) is 9.59. The Balaban J connectivity index is 2.05. The van der Waals surface area contributed by atoms with Crippen LogP contribution in [-0.4, -0.2) is 24.7 Å². The van der Waals surface area contributed by atoms with Crippen molar-refractivity contribution in [1.29, 1.82) is 0 Å². The van der Waals surface area contributed by atoms with Crippen molar-refractivity contribution in [1.82, 2.24) is 10.7 Å². The lowest BCUT2D eigenvalue weighted by Gasteiger charge is -2.14. The number of carbonyl (C=O) groups excluding carboxylic acids is 1. The number of allylic oxidation sites excluding steroid dienone is 1. The molecule has 178 valence electrons. The van der Waals surface area contributed by atoms with E-state index >= 15 is 0 Å². The largest absolute Gasteiger partial charge is 0.573 e. The number of halogens is 4. The van der Waals surface area contributed by atoms with E-state index in [-0.39, 0.29) is 17.9 Å². The van der Waals surface area contributed by atoms with Gasteiger partial charge in [-0.25, -0.2) is 0 Å². The highest BCUT2D eigenvalue weighted by atomic mass is 35.5. The third kappa shape index (κ3) is 9.44. The smallest absolute Gasteiger partial charge is 0.493 e. The highest BCUT2D eigenvalue weighted by Gasteiger charge is 2.31. The van der Waals surface area contributed by atoms with Crippen LogP contribution < -0.4 is 20.2 Å². The number of amidine groups is 1. The van der Waals surface area contributed by atoms with Crippen LogP contribution in [0.2, 0.25) is 5.02 Å². The van der Waals surface area contributed by atoms with Gasteiger partial charge in [0.05, 0.1) is 13.2 Å². The molecule has 0 aliphatic heterocycles. The third-order valence-electron chi connectivity index (χ3n) is 3.98. The van der Waals surface area contributed by atoms with Gasteiger partial charge in [-0.2, -0.15) is 5.10 Å². The molecule has 2 aromatic carbocycles. The zero-order chi connectivity index (χ0) is 24.4. The normalized spacial score (nSPS) is 12.2. The first-order chi connectivity index (χ1) is 15.6. The van der Waals surface area contributed by atoms with Gasteiger partial charge in [0.15, 0.2) is 5.84 Å². The molecule has 0 bridgehead atoms. The van der Waals surface area contributed by atoms with E-state index in [1.165, 1.54) is 12.1 Å². The molecule has 33 heavy (non-hydrogen) atoms. The maximum absolute atomic E-state index is 12.5. The Morgan fingerprint density at radius 3 is 2.48 bits per heavy atom. The van der Waals surface area contributed by atoms with E-state index in [0.717, 1.165) is 17.7 Å². The molecular formula is C23H25ClF3N3O3. The molecule has 0 aliphatic carbocycles. The standard InChI is InChI=1S/C23H25ClF3N3O3/c1-4-5-21(29-22(31)16-6-9-19(10-7-16)33-23(25,26)27)30-28-13-17-12-18(24)8-11-20(17)32-14-15(2)3/h4-12,15,28H,13-14H2,1-3H3,(H,29,30,31)/b5-4+. The van der Waals surface area contributed by atoms with Gasteiger partial charge in [-0.05, 0) is 61.4 Å². The van der Waals surface area contributed by atoms with Crippen LogP contribution in [0.4, 0.5) is 13.2 Å². The number of amides is 1. The second-order valence-electron chi connectivity index (χ2n) is 7.32. The molecule has 1 amide bonds. The van der Waals surface area contributed by atoms with Crippen molar-refractivity contribution >= 4 is 23.3 Å². The summed E-state index contributed by atoms with van der Waals surface area (Å²) >= 11 is 6.10. The van der Waals surface area contributed by atoms with Crippen molar-refractivity contribution in [2.75, 3.05) is 6.61 Å². The van der Waals surface area contributed by atoms with Gasteiger partial charge in [-0.3, -0.25) is 4.79 Å². The Morgan fingerprint density at radius 1 is 1.18 bits per heavy atom. The number of carbonyl (C=O) groups is 1. The molecule has 0 radical (unpaired) electrons. The number of alkyl halides is 3. The maximum Gasteiger partial charge on any atom is 0.573 e. The minimum atomic E-state index is -4.80. The maximum atomic E-state index is 12.5. The van der Waals surface area contributed by atoms with Crippen LogP contribution in [0.5, 0.6) is 11.5 Å². The molecule has 2 aromatic rings. The zero-order valence-electron chi connectivity index (χ0n) is 18.4. The van der Waals surface area contributed by atoms with E-state index in [1.807, 2.05) is 13.8 Å². The van der Waals surface area contributed by atoms with Gasteiger partial charge in [-0.15, -0.1) is 13.2 Å². The Bertz CT molecular complexity index is 991. The number of hydrogen-bond donors (Lipinski definition) is 2. The number of benzene rings is 2. The number of hydrazone groups is 1. The average Bonchev–Trinajstić information content (AvgIpc) is 2.72. The van der Waals surface area contributed by atoms with Crippen LogP contribution in [0, 0.1) is 5.92 Å². The SMILES string of the molecule is C/C=C/C(=N\NCc1cc(Cl)ccc1OCC(C)C)NC(=O)c1ccc(OC(F)(F)F)cc1. The van der Waals surface area contributed by atoms with Crippen molar-refractivity contribution in [3.63, 3.8) is 0 Å². The van der Waals surface area contributed by atoms with Crippen LogP contribution in [-0.2, 0) is 6.54 Å². The van der Waals surface area contributed by atoms with Gasteiger partial charge in [-0.1, -0.05) is 31.5 Å². The van der Waals surface area contributed by atoms with Crippen molar-refractivity contribution in [3.05, 3.63) is 70.8 Å². The monoisotopic (exact) mass is 483 g/mol. The van der Waals surface area contributed by atoms with Crippen LogP contribution in [0.25, 0.3) is 0 Å². The van der Waals surface area contributed by atoms with Gasteiger partial charge in [0, 0.05) is 16.1 Å². The van der Waals surface area contributed by atoms with Crippen molar-refractivity contribution in [3.8, 4) is 11.5 Å². The quantitative estimate of drug-likeness (QED) is 0.273. The van der Waals surface area contributed by atoms with E-state index < -0.39 is 18.0 Å². The first-order valence-electron chi connectivity index (χ1n) is 10.1. The highest BCUT2D eigenvalue weighted by molar-refractivity contribution is 6.30. The predicted molar refractivity (Wildman–Crippen MR) is 121 cm³/mol. The molecule has 10 heteroatoms. The number of hydrogen-bond acceptors (Lipinski definition) is 5. The lowest BCUT2D eigenvalue weighted by atomic mass is 10.2. The van der Waals surface area contributed by atoms with Crippen LogP contribution in [0.1, 0.15) is 36.7 Å². The molecule has 0 atom stereocenters. The molecule has 0 fully saturated rings. The summed E-state index contributed by atoms with van der Waals surface area (Å²) in [6.45, 7) is 6.67. The first-order valence-corrected chi connectivity index (χ1v) is 10.5. The summed E-state index contributed by atoms with van der Waals surface area (Å²) in [7, 11) is 0. The van der Waals surface area contributed by atoms with Crippen molar-refractivity contribution < 1.29 is 27.4 Å². The van der Waals surface area contributed by atoms with Gasteiger partial charge >= 0.3 is 6.36 Å². The third-order valence-corrected chi connectivity index (χ3v) is 4.22. The predicted octanol–water partition coefficient (Wildman–Crippen LogP) is 5.68. The molecular weight excluding hydrogens is 459 g/mol. The second kappa shape index (κ2) is 12.2. The van der Waals surface area contributed by atoms with Crippen LogP contribution in [0.3, 0.4) is 0 Å². The summed E-state index contributed by atoms with van der Waals surface area (Å²) < 4.78 is 46.4. The molecule has 0 saturated carbocycles. The van der Waals surface area contributed by atoms with Gasteiger partial charge < -0.3 is 20.2 Å². The fraction of sp³-hybridized carbons (Fsp3) is 0.304. The molecule has 0 heterocycles. The summed E-state index contributed by atoms with van der Waals surface area (Å²) in [4.78, 5) is 12.5. The summed E-state index contributed by atoms with van der Waals surface area (Å²) in [6.07, 6.45) is -1.55. The summed E-state index contributed by atoms with van der Waals surface area (Å²) in [5.41, 5.74) is 3.80. The molecule has 0 aromatic heterocycles. The average molecular weight is 484 g/mol. The van der Waals surface area contributed by atoms with E-state index in [9.17, 15) is 18.0 Å². The highest BCUT2D eigenvalue weighted by Crippen LogP contribution is 2.24. The van der Waals surface area contributed by atoms with Crippen molar-refractivity contribution in [2.24, 2.45) is 11.0 Å². The lowest BCUT2D eigenvalue weighted by molar-refractivity contribution is -0.274. The van der Waals surface area contributed by atoms with Crippen LogP contribution >= 0.6 is 11.6 Å². The molecule has 0 saturated heterocycles. The van der Waals surface area contributed by atoms with E-state index in [2.05, 4.69) is 20.6 Å². The zero-order valence-corrected chi connectivity index (χ0v) is 19.1. The van der Waals surface area contributed by atoms with E-state index in [1.54, 1.807) is 37.3 Å². The topological polar surface area (TPSA) is 72.0 Å². The number of rotatable bonds is 9. The second-order valence-corrected chi connectivity index (χ2v) is 7.75. The number of ether oxygens (including phenoxy) is 2. The van der Waals surface area contributed by atoms with Crippen molar-refractivity contribution in [2.45, 2.75) is 33.7 Å². The summed E-state index contributed by atoms with van der Waals surface area (Å²) in [5.74, 6) is 0.277. The van der Waals surface area contributed by atoms with Gasteiger partial charge in [0.1, 0.15) is 11.5 Å². The fourth-order valence-corrected chi connectivity index (χ4v) is 2.75. The lowest BCUT2D eigenvalue weighted by Crippen LogP contribution is -2.30. The Hall–Kier alpha value is -3.20. The number of nitrogens with one attached hydrogen (secondary N) is 2. The minimum Gasteiger partial charge on any atom is -0.493 e. The van der Waals surface area contributed by atoms with E-state index in [4.69, 9.17) is 16.3 Å². The molecule has 0 unspecified atom stereocenters. The first kappa shape index (κ1) is 26.1. The molecule has 0 aliphatic rings. The Morgan fingerprint density at radius 2 is 1.88 bits per heavy atom. The molecule has 6 nitrogen and oxygen atoms in total. The summed E-state index contributed by atoms with van der Waals surface area (Å²) in [5, 5.41) is 7.33.